The number of rotatable bonds is 6. The molecule has 0 saturated heterocycles. The van der Waals surface area contributed by atoms with Crippen LogP contribution >= 0.6 is 0 Å². The van der Waals surface area contributed by atoms with Gasteiger partial charge in [0.25, 0.3) is 5.56 Å². The van der Waals surface area contributed by atoms with E-state index in [1.165, 1.54) is 4.68 Å². The molecule has 160 valence electrons. The van der Waals surface area contributed by atoms with Crippen molar-refractivity contribution in [1.82, 2.24) is 19.7 Å². The van der Waals surface area contributed by atoms with Crippen molar-refractivity contribution in [3.63, 3.8) is 0 Å². The molecule has 7 nitrogen and oxygen atoms in total. The number of nitrogens with one attached hydrogen (secondary N) is 1. The highest BCUT2D eigenvalue weighted by molar-refractivity contribution is 6.08. The molecule has 31 heavy (non-hydrogen) atoms. The van der Waals surface area contributed by atoms with Crippen LogP contribution < -0.4 is 15.6 Å². The number of nitrogens with zero attached hydrogens (tertiary/aromatic N) is 3. The Morgan fingerprint density at radius 3 is 2.48 bits per heavy atom. The molecule has 7 heteroatoms. The number of hydrogen-bond acceptors (Lipinski definition) is 4. The molecular weight excluding hydrogens is 392 g/mol. The molecule has 4 aromatic rings. The molecule has 0 fully saturated rings. The molecule has 0 aliphatic heterocycles. The van der Waals surface area contributed by atoms with Crippen LogP contribution in [0, 0.1) is 0 Å². The second-order valence-electron chi connectivity index (χ2n) is 7.93. The highest BCUT2D eigenvalue weighted by atomic mass is 16.5. The van der Waals surface area contributed by atoms with E-state index in [0.29, 0.717) is 12.1 Å². The molecule has 0 unspecified atom stereocenters. The third-order valence-corrected chi connectivity index (χ3v) is 5.33. The second kappa shape index (κ2) is 8.26. The first kappa shape index (κ1) is 20.7. The SMILES string of the molecule is CC(C)Oc1ccc(CNC(=O)[C@H](C)n2c3ccccc3c3cnn(C)c(=O)c32)cc1. The summed E-state index contributed by atoms with van der Waals surface area (Å²) in [6.07, 6.45) is 1.79. The quantitative estimate of drug-likeness (QED) is 0.519. The number of hydrogen-bond donors (Lipinski definition) is 1. The van der Waals surface area contributed by atoms with Gasteiger partial charge in [-0.25, -0.2) is 4.68 Å². The number of aryl methyl sites for hydroxylation is 1. The Bertz CT molecular complexity index is 1300. The smallest absolute Gasteiger partial charge is 0.291 e. The van der Waals surface area contributed by atoms with Gasteiger partial charge in [-0.2, -0.15) is 5.10 Å². The van der Waals surface area contributed by atoms with Crippen molar-refractivity contribution in [2.75, 3.05) is 0 Å². The lowest BCUT2D eigenvalue weighted by molar-refractivity contribution is -0.123. The number of amides is 1. The third-order valence-electron chi connectivity index (χ3n) is 5.33. The minimum Gasteiger partial charge on any atom is -0.491 e. The van der Waals surface area contributed by atoms with Crippen molar-refractivity contribution in [2.24, 2.45) is 7.05 Å². The summed E-state index contributed by atoms with van der Waals surface area (Å²) in [5, 5.41) is 8.80. The molecule has 2 aromatic carbocycles. The maximum absolute atomic E-state index is 13.0. The van der Waals surface area contributed by atoms with Crippen LogP contribution in [0.25, 0.3) is 21.8 Å². The summed E-state index contributed by atoms with van der Waals surface area (Å²) < 4.78 is 8.76. The number of para-hydroxylation sites is 1. The second-order valence-corrected chi connectivity index (χ2v) is 7.93. The average molecular weight is 418 g/mol. The van der Waals surface area contributed by atoms with Crippen molar-refractivity contribution in [3.8, 4) is 5.75 Å². The molecule has 0 radical (unpaired) electrons. The highest BCUT2D eigenvalue weighted by Crippen LogP contribution is 2.29. The number of carbonyl (C=O) groups excluding carboxylic acids is 1. The lowest BCUT2D eigenvalue weighted by atomic mass is 10.2. The first-order chi connectivity index (χ1) is 14.9. The van der Waals surface area contributed by atoms with E-state index >= 15 is 0 Å². The maximum atomic E-state index is 13.0. The van der Waals surface area contributed by atoms with Gasteiger partial charge in [-0.1, -0.05) is 30.3 Å². The summed E-state index contributed by atoms with van der Waals surface area (Å²) in [5.41, 5.74) is 2.06. The van der Waals surface area contributed by atoms with Gasteiger partial charge in [0.2, 0.25) is 5.91 Å². The van der Waals surface area contributed by atoms with Crippen LogP contribution in [-0.4, -0.2) is 26.4 Å². The molecule has 1 N–H and O–H groups in total. The Balaban J connectivity index is 1.61. The lowest BCUT2D eigenvalue weighted by Crippen LogP contribution is -2.32. The van der Waals surface area contributed by atoms with E-state index in [-0.39, 0.29) is 17.6 Å². The van der Waals surface area contributed by atoms with E-state index < -0.39 is 6.04 Å². The molecule has 1 amide bonds. The van der Waals surface area contributed by atoms with Crippen molar-refractivity contribution >= 4 is 27.7 Å². The van der Waals surface area contributed by atoms with Gasteiger partial charge in [0.1, 0.15) is 17.3 Å². The van der Waals surface area contributed by atoms with E-state index in [9.17, 15) is 9.59 Å². The van der Waals surface area contributed by atoms with Crippen LogP contribution in [0.5, 0.6) is 5.75 Å². The summed E-state index contributed by atoms with van der Waals surface area (Å²) in [4.78, 5) is 25.9. The molecule has 0 spiro atoms. The molecule has 4 rings (SSSR count). The predicted octanol–water partition coefficient (Wildman–Crippen LogP) is 3.55. The molecule has 1 atom stereocenters. The summed E-state index contributed by atoms with van der Waals surface area (Å²) in [6.45, 7) is 6.16. The van der Waals surface area contributed by atoms with Gasteiger partial charge in [-0.3, -0.25) is 9.59 Å². The van der Waals surface area contributed by atoms with Crippen molar-refractivity contribution in [2.45, 2.75) is 39.5 Å². The van der Waals surface area contributed by atoms with Crippen molar-refractivity contribution in [3.05, 3.63) is 70.6 Å². The normalized spacial score (nSPS) is 12.4. The van der Waals surface area contributed by atoms with Gasteiger partial charge in [-0.15, -0.1) is 0 Å². The number of carbonyl (C=O) groups is 1. The van der Waals surface area contributed by atoms with E-state index in [1.807, 2.05) is 66.9 Å². The fourth-order valence-corrected chi connectivity index (χ4v) is 3.80. The Morgan fingerprint density at radius 2 is 1.77 bits per heavy atom. The van der Waals surface area contributed by atoms with Crippen LogP contribution in [-0.2, 0) is 18.4 Å². The maximum Gasteiger partial charge on any atom is 0.291 e. The zero-order valence-corrected chi connectivity index (χ0v) is 18.1. The fraction of sp³-hybridized carbons (Fsp3) is 0.292. The topological polar surface area (TPSA) is 78.2 Å². The Labute approximate surface area is 180 Å². The van der Waals surface area contributed by atoms with Gasteiger partial charge in [0.05, 0.1) is 17.8 Å². The average Bonchev–Trinajstić information content (AvgIpc) is 3.09. The van der Waals surface area contributed by atoms with Crippen LogP contribution in [0.1, 0.15) is 32.4 Å². The molecule has 2 heterocycles. The van der Waals surface area contributed by atoms with E-state index in [1.54, 1.807) is 20.2 Å². The fourth-order valence-electron chi connectivity index (χ4n) is 3.80. The first-order valence-electron chi connectivity index (χ1n) is 10.3. The van der Waals surface area contributed by atoms with E-state index in [4.69, 9.17) is 4.74 Å². The number of aromatic nitrogens is 3. The van der Waals surface area contributed by atoms with Crippen LogP contribution in [0.2, 0.25) is 0 Å². The van der Waals surface area contributed by atoms with E-state index in [2.05, 4.69) is 10.4 Å². The number of benzene rings is 2. The Hall–Kier alpha value is -3.61. The van der Waals surface area contributed by atoms with Gasteiger partial charge in [0, 0.05) is 24.4 Å². The third kappa shape index (κ3) is 3.91. The molecule has 2 aromatic heterocycles. The summed E-state index contributed by atoms with van der Waals surface area (Å²) in [7, 11) is 1.61. The standard InChI is InChI=1S/C24H26N4O3/c1-15(2)31-18-11-9-17(10-12-18)13-25-23(29)16(3)28-21-8-6-5-7-19(21)20-14-26-27(4)24(30)22(20)28/h5-12,14-16H,13H2,1-4H3,(H,25,29)/t16-/m0/s1. The zero-order chi connectivity index (χ0) is 22.1. The first-order valence-corrected chi connectivity index (χ1v) is 10.3. The summed E-state index contributed by atoms with van der Waals surface area (Å²) in [5.74, 6) is 0.636. The largest absolute Gasteiger partial charge is 0.491 e. The predicted molar refractivity (Wildman–Crippen MR) is 121 cm³/mol. The van der Waals surface area contributed by atoms with Gasteiger partial charge in [0.15, 0.2) is 0 Å². The molecule has 0 aliphatic rings. The number of ether oxygens (including phenoxy) is 1. The van der Waals surface area contributed by atoms with Gasteiger partial charge < -0.3 is 14.6 Å². The lowest BCUT2D eigenvalue weighted by Gasteiger charge is -2.17. The number of fused-ring (bicyclic) bond motifs is 3. The van der Waals surface area contributed by atoms with Crippen LogP contribution in [0.15, 0.2) is 59.5 Å². The van der Waals surface area contributed by atoms with Crippen molar-refractivity contribution in [1.29, 1.82) is 0 Å². The molecule has 0 saturated carbocycles. The Kier molecular flexibility index (Phi) is 5.50. The van der Waals surface area contributed by atoms with Crippen LogP contribution in [0.4, 0.5) is 0 Å². The molecule has 0 bridgehead atoms. The summed E-state index contributed by atoms with van der Waals surface area (Å²) in [6, 6.07) is 14.8. The minimum atomic E-state index is -0.568. The minimum absolute atomic E-state index is 0.112. The van der Waals surface area contributed by atoms with E-state index in [0.717, 1.165) is 27.6 Å². The highest BCUT2D eigenvalue weighted by Gasteiger charge is 2.23. The zero-order valence-electron chi connectivity index (χ0n) is 18.1. The van der Waals surface area contributed by atoms with Crippen LogP contribution in [0.3, 0.4) is 0 Å². The summed E-state index contributed by atoms with van der Waals surface area (Å²) >= 11 is 0. The Morgan fingerprint density at radius 1 is 1.06 bits per heavy atom. The monoisotopic (exact) mass is 418 g/mol. The van der Waals surface area contributed by atoms with Gasteiger partial charge in [-0.05, 0) is 44.5 Å². The molecule has 0 aliphatic carbocycles. The van der Waals surface area contributed by atoms with Crippen molar-refractivity contribution < 1.29 is 9.53 Å². The molecular formula is C24H26N4O3. The van der Waals surface area contributed by atoms with Gasteiger partial charge >= 0.3 is 0 Å².